The topological polar surface area (TPSA) is 75.5 Å². The molecule has 0 radical (unpaired) electrons. The molecule has 2 aromatic heterocycles. The third kappa shape index (κ3) is 3.25. The van der Waals surface area contributed by atoms with Gasteiger partial charge < -0.3 is 0 Å². The van der Waals surface area contributed by atoms with Gasteiger partial charge in [-0.05, 0) is 53.4 Å². The molecule has 1 aliphatic rings. The van der Waals surface area contributed by atoms with E-state index in [1.165, 1.54) is 23.5 Å². The third-order valence-electron chi connectivity index (χ3n) is 4.91. The van der Waals surface area contributed by atoms with Crippen LogP contribution in [0.4, 0.5) is 4.39 Å². The van der Waals surface area contributed by atoms with E-state index in [0.717, 1.165) is 32.5 Å². The molecule has 3 heterocycles. The molecule has 30 heavy (non-hydrogen) atoms. The number of hydrogen-bond donors (Lipinski definition) is 0. The van der Waals surface area contributed by atoms with Crippen LogP contribution < -0.4 is 0 Å². The Morgan fingerprint density at radius 1 is 1.00 bits per heavy atom. The maximum absolute atomic E-state index is 13.4. The van der Waals surface area contributed by atoms with E-state index in [1.807, 2.05) is 35.7 Å². The fourth-order valence-corrected chi connectivity index (χ4v) is 5.61. The second-order valence-corrected chi connectivity index (χ2v) is 9.52. The minimum atomic E-state index is -3.98. The first-order chi connectivity index (χ1) is 14.5. The summed E-state index contributed by atoms with van der Waals surface area (Å²) in [5.41, 5.74) is 2.87. The van der Waals surface area contributed by atoms with Crippen LogP contribution in [0.25, 0.3) is 11.0 Å². The summed E-state index contributed by atoms with van der Waals surface area (Å²) in [6.07, 6.45) is 3.63. The van der Waals surface area contributed by atoms with Gasteiger partial charge in [-0.3, -0.25) is 9.97 Å². The SMILES string of the molecule is O=S(=O)(c1ccc(F)cc1)N1N=C(c2cccs2)CC1c1ccc2nccnc2c1. The summed E-state index contributed by atoms with van der Waals surface area (Å²) in [6, 6.07) is 13.6. The molecule has 0 saturated heterocycles. The lowest BCUT2D eigenvalue weighted by atomic mass is 10.0. The van der Waals surface area contributed by atoms with Crippen molar-refractivity contribution in [1.29, 1.82) is 0 Å². The van der Waals surface area contributed by atoms with Crippen molar-refractivity contribution in [3.63, 3.8) is 0 Å². The first kappa shape index (κ1) is 18.8. The van der Waals surface area contributed by atoms with Gasteiger partial charge in [-0.1, -0.05) is 12.1 Å². The molecule has 9 heteroatoms. The van der Waals surface area contributed by atoms with Crippen LogP contribution in [0.15, 0.2) is 82.4 Å². The maximum atomic E-state index is 13.4. The molecular formula is C21H15FN4O2S2. The van der Waals surface area contributed by atoms with Crippen molar-refractivity contribution in [3.8, 4) is 0 Å². The quantitative estimate of drug-likeness (QED) is 0.474. The highest BCUT2D eigenvalue weighted by atomic mass is 32.2. The van der Waals surface area contributed by atoms with E-state index >= 15 is 0 Å². The predicted molar refractivity (Wildman–Crippen MR) is 113 cm³/mol. The molecular weight excluding hydrogens is 423 g/mol. The molecule has 0 amide bonds. The summed E-state index contributed by atoms with van der Waals surface area (Å²) in [5.74, 6) is -0.497. The van der Waals surface area contributed by atoms with Crippen LogP contribution >= 0.6 is 11.3 Å². The Kier molecular flexibility index (Phi) is 4.56. The monoisotopic (exact) mass is 438 g/mol. The maximum Gasteiger partial charge on any atom is 0.279 e. The number of fused-ring (bicyclic) bond motifs is 1. The molecule has 1 unspecified atom stereocenters. The van der Waals surface area contributed by atoms with E-state index in [0.29, 0.717) is 17.6 Å². The molecule has 6 nitrogen and oxygen atoms in total. The zero-order chi connectivity index (χ0) is 20.7. The highest BCUT2D eigenvalue weighted by molar-refractivity contribution is 7.89. The van der Waals surface area contributed by atoms with Gasteiger partial charge in [0.25, 0.3) is 10.0 Å². The second kappa shape index (κ2) is 7.26. The number of nitrogens with zero attached hydrogens (tertiary/aromatic N) is 4. The van der Waals surface area contributed by atoms with Gasteiger partial charge in [-0.25, -0.2) is 4.39 Å². The number of hydrazone groups is 1. The molecule has 0 bridgehead atoms. The van der Waals surface area contributed by atoms with Crippen molar-refractivity contribution in [3.05, 3.63) is 88.6 Å². The van der Waals surface area contributed by atoms with Crippen LogP contribution in [-0.2, 0) is 10.0 Å². The van der Waals surface area contributed by atoms with E-state index in [4.69, 9.17) is 0 Å². The van der Waals surface area contributed by atoms with Gasteiger partial charge in [0.15, 0.2) is 0 Å². The van der Waals surface area contributed by atoms with Crippen molar-refractivity contribution >= 4 is 38.1 Å². The van der Waals surface area contributed by atoms with Gasteiger partial charge in [0.05, 0.1) is 32.6 Å². The lowest BCUT2D eigenvalue weighted by Gasteiger charge is -2.23. The first-order valence-corrected chi connectivity index (χ1v) is 11.5. The fourth-order valence-electron chi connectivity index (χ4n) is 3.45. The Morgan fingerprint density at radius 2 is 1.77 bits per heavy atom. The third-order valence-corrected chi connectivity index (χ3v) is 7.53. The van der Waals surface area contributed by atoms with E-state index < -0.39 is 21.9 Å². The van der Waals surface area contributed by atoms with Crippen molar-refractivity contribution in [2.75, 3.05) is 0 Å². The number of halogens is 1. The molecule has 1 atom stereocenters. The van der Waals surface area contributed by atoms with Gasteiger partial charge in [0.2, 0.25) is 0 Å². The largest absolute Gasteiger partial charge is 0.279 e. The van der Waals surface area contributed by atoms with Crippen LogP contribution in [0.1, 0.15) is 22.9 Å². The smallest absolute Gasteiger partial charge is 0.253 e. The summed E-state index contributed by atoms with van der Waals surface area (Å²) in [5, 5.41) is 6.41. The molecule has 0 aliphatic carbocycles. The first-order valence-electron chi connectivity index (χ1n) is 9.14. The highest BCUT2D eigenvalue weighted by Crippen LogP contribution is 2.38. The second-order valence-electron chi connectivity index (χ2n) is 6.78. The minimum Gasteiger partial charge on any atom is -0.253 e. The highest BCUT2D eigenvalue weighted by Gasteiger charge is 2.38. The molecule has 5 rings (SSSR count). The van der Waals surface area contributed by atoms with Crippen LogP contribution in [0.3, 0.4) is 0 Å². The zero-order valence-corrected chi connectivity index (χ0v) is 17.1. The number of thiophene rings is 1. The molecule has 0 saturated carbocycles. The van der Waals surface area contributed by atoms with Crippen LogP contribution in [0.5, 0.6) is 0 Å². The Morgan fingerprint density at radius 3 is 2.50 bits per heavy atom. The number of rotatable bonds is 4. The lowest BCUT2D eigenvalue weighted by molar-refractivity contribution is 0.371. The number of hydrogen-bond acceptors (Lipinski definition) is 6. The summed E-state index contributed by atoms with van der Waals surface area (Å²) >= 11 is 1.51. The van der Waals surface area contributed by atoms with Crippen molar-refractivity contribution in [2.45, 2.75) is 17.4 Å². The van der Waals surface area contributed by atoms with E-state index in [1.54, 1.807) is 12.4 Å². The van der Waals surface area contributed by atoms with Crippen LogP contribution in [-0.4, -0.2) is 28.5 Å². The fraction of sp³-hybridized carbons (Fsp3) is 0.0952. The van der Waals surface area contributed by atoms with Gasteiger partial charge in [-0.15, -0.1) is 11.3 Å². The van der Waals surface area contributed by atoms with Gasteiger partial charge >= 0.3 is 0 Å². The molecule has 0 fully saturated rings. The van der Waals surface area contributed by atoms with E-state index in [2.05, 4.69) is 15.1 Å². The zero-order valence-electron chi connectivity index (χ0n) is 15.5. The summed E-state index contributed by atoms with van der Waals surface area (Å²) in [4.78, 5) is 9.51. The van der Waals surface area contributed by atoms with Crippen molar-refractivity contribution in [2.24, 2.45) is 5.10 Å². The van der Waals surface area contributed by atoms with Gasteiger partial charge in [0.1, 0.15) is 5.82 Å². The van der Waals surface area contributed by atoms with E-state index in [9.17, 15) is 12.8 Å². The minimum absolute atomic E-state index is 0.00865. The van der Waals surface area contributed by atoms with Crippen LogP contribution in [0.2, 0.25) is 0 Å². The molecule has 4 aromatic rings. The predicted octanol–water partition coefficient (Wildman–Crippen LogP) is 4.37. The lowest BCUT2D eigenvalue weighted by Crippen LogP contribution is -2.27. The molecule has 0 N–H and O–H groups in total. The van der Waals surface area contributed by atoms with Crippen molar-refractivity contribution < 1.29 is 12.8 Å². The number of sulfonamides is 1. The average molecular weight is 439 g/mol. The molecule has 1 aliphatic heterocycles. The average Bonchev–Trinajstić information content (AvgIpc) is 3.44. The summed E-state index contributed by atoms with van der Waals surface area (Å²) < 4.78 is 41.2. The Bertz CT molecular complexity index is 1350. The molecule has 2 aromatic carbocycles. The number of aromatic nitrogens is 2. The normalized spacial score (nSPS) is 16.8. The summed E-state index contributed by atoms with van der Waals surface area (Å²) in [6.45, 7) is 0. The summed E-state index contributed by atoms with van der Waals surface area (Å²) in [7, 11) is -3.98. The number of benzene rings is 2. The van der Waals surface area contributed by atoms with E-state index in [-0.39, 0.29) is 4.90 Å². The van der Waals surface area contributed by atoms with Gasteiger partial charge in [0, 0.05) is 18.8 Å². The Labute approximate surface area is 176 Å². The molecule has 150 valence electrons. The Balaban J connectivity index is 1.62. The Hall–Kier alpha value is -3.17. The molecule has 0 spiro atoms. The van der Waals surface area contributed by atoms with Gasteiger partial charge in [-0.2, -0.15) is 17.9 Å². The van der Waals surface area contributed by atoms with Crippen molar-refractivity contribution in [1.82, 2.24) is 14.4 Å². The van der Waals surface area contributed by atoms with Crippen LogP contribution in [0, 0.1) is 5.82 Å². The standard InChI is InChI=1S/C21H15FN4O2S2/c22-15-4-6-16(7-5-15)30(27,28)26-20(13-19(25-26)21-2-1-11-29-21)14-3-8-17-18(12-14)24-10-9-23-17/h1-12,20H,13H2.